The van der Waals surface area contributed by atoms with Gasteiger partial charge in [-0.3, -0.25) is 14.9 Å². The Morgan fingerprint density at radius 1 is 1.39 bits per heavy atom. The molecule has 1 aliphatic heterocycles. The second-order valence-corrected chi connectivity index (χ2v) is 7.91. The van der Waals surface area contributed by atoms with Crippen LogP contribution in [0.3, 0.4) is 0 Å². The maximum absolute atomic E-state index is 12.7. The van der Waals surface area contributed by atoms with Gasteiger partial charge in [-0.2, -0.15) is 5.10 Å². The number of fused-ring (bicyclic) bond motifs is 1. The van der Waals surface area contributed by atoms with Crippen molar-refractivity contribution in [2.75, 3.05) is 5.32 Å². The molecule has 1 aliphatic rings. The van der Waals surface area contributed by atoms with Crippen LogP contribution >= 0.6 is 11.3 Å². The van der Waals surface area contributed by atoms with Crippen LogP contribution in [0.5, 0.6) is 0 Å². The van der Waals surface area contributed by atoms with E-state index in [9.17, 15) is 9.59 Å². The molecule has 0 spiro atoms. The molecule has 8 nitrogen and oxygen atoms in total. The minimum atomic E-state index is -0.503. The van der Waals surface area contributed by atoms with Crippen LogP contribution in [0.1, 0.15) is 48.0 Å². The van der Waals surface area contributed by atoms with E-state index in [0.717, 1.165) is 28.8 Å². The van der Waals surface area contributed by atoms with Crippen LogP contribution in [-0.2, 0) is 4.79 Å². The molecule has 0 radical (unpaired) electrons. The number of carbonyl (C=O) groups excluding carboxylic acids is 2. The summed E-state index contributed by atoms with van der Waals surface area (Å²) in [5.74, 6) is 0.185. The number of nitrogens with one attached hydrogen (secondary N) is 3. The molecule has 1 aromatic carbocycles. The fourth-order valence-corrected chi connectivity index (χ4v) is 4.23. The highest BCUT2D eigenvalue weighted by molar-refractivity contribution is 7.20. The summed E-state index contributed by atoms with van der Waals surface area (Å²) in [6, 6.07) is 9.50. The molecule has 3 aromatic rings. The molecule has 2 aromatic heterocycles. The van der Waals surface area contributed by atoms with Gasteiger partial charge in [-0.1, -0.05) is 25.5 Å². The lowest BCUT2D eigenvalue weighted by Crippen LogP contribution is -2.53. The number of amides is 2. The number of rotatable bonds is 5. The Morgan fingerprint density at radius 2 is 2.21 bits per heavy atom. The number of para-hydroxylation sites is 1. The third-order valence-electron chi connectivity index (χ3n) is 4.59. The third kappa shape index (κ3) is 3.76. The molecule has 1 fully saturated rings. The van der Waals surface area contributed by atoms with Gasteiger partial charge in [0.2, 0.25) is 5.91 Å². The second kappa shape index (κ2) is 7.69. The van der Waals surface area contributed by atoms with Crippen molar-refractivity contribution in [1.82, 2.24) is 25.4 Å². The Kier molecular flexibility index (Phi) is 5.10. The van der Waals surface area contributed by atoms with Crippen molar-refractivity contribution < 1.29 is 9.59 Å². The molecule has 2 atom stereocenters. The van der Waals surface area contributed by atoms with E-state index in [0.29, 0.717) is 17.2 Å². The van der Waals surface area contributed by atoms with E-state index in [-0.39, 0.29) is 17.9 Å². The van der Waals surface area contributed by atoms with Crippen LogP contribution in [0.15, 0.2) is 30.3 Å². The van der Waals surface area contributed by atoms with Gasteiger partial charge in [0.25, 0.3) is 5.91 Å². The molecule has 0 saturated carbocycles. The molecule has 3 heterocycles. The molecule has 9 heteroatoms. The number of hydrogen-bond donors (Lipinski definition) is 3. The van der Waals surface area contributed by atoms with E-state index in [2.05, 4.69) is 33.0 Å². The van der Waals surface area contributed by atoms with Gasteiger partial charge < -0.3 is 10.6 Å². The molecule has 0 bridgehead atoms. The summed E-state index contributed by atoms with van der Waals surface area (Å²) in [6.45, 7) is 3.93. The number of benzene rings is 1. The lowest BCUT2D eigenvalue weighted by molar-refractivity contribution is -0.125. The quantitative estimate of drug-likeness (QED) is 0.614. The van der Waals surface area contributed by atoms with Gasteiger partial charge in [0.05, 0.1) is 15.9 Å². The highest BCUT2D eigenvalue weighted by Crippen LogP contribution is 2.24. The van der Waals surface area contributed by atoms with E-state index in [4.69, 9.17) is 0 Å². The average molecular weight is 398 g/mol. The van der Waals surface area contributed by atoms with Crippen LogP contribution in [0.4, 0.5) is 5.82 Å². The highest BCUT2D eigenvalue weighted by atomic mass is 32.1. The van der Waals surface area contributed by atoms with Gasteiger partial charge in [-0.25, -0.2) is 9.67 Å². The van der Waals surface area contributed by atoms with Crippen molar-refractivity contribution in [3.8, 4) is 0 Å². The zero-order chi connectivity index (χ0) is 19.7. The molecule has 146 valence electrons. The van der Waals surface area contributed by atoms with E-state index in [1.165, 1.54) is 11.3 Å². The minimum absolute atomic E-state index is 0.0289. The predicted octanol–water partition coefficient (Wildman–Crippen LogP) is 2.79. The Balaban J connectivity index is 1.57. The summed E-state index contributed by atoms with van der Waals surface area (Å²) in [7, 11) is 0. The Bertz CT molecular complexity index is 994. The van der Waals surface area contributed by atoms with Gasteiger partial charge in [0, 0.05) is 18.5 Å². The number of hydrogen-bond acceptors (Lipinski definition) is 6. The SMILES string of the molecule is CCCC1CC(=O)NC(n2nc(C)cc2NC(=O)c2nc3ccccc3s2)N1. The average Bonchev–Trinajstić information content (AvgIpc) is 3.25. The number of carbonyl (C=O) groups is 2. The van der Waals surface area contributed by atoms with Crippen molar-refractivity contribution in [2.45, 2.75) is 45.4 Å². The van der Waals surface area contributed by atoms with Crippen molar-refractivity contribution >= 4 is 39.2 Å². The standard InChI is InChI=1S/C19H22N6O2S/c1-3-6-12-10-16(26)23-19(20-12)25-15(9-11(2)24-25)22-17(27)18-21-13-7-4-5-8-14(13)28-18/h4-5,7-9,12,19-20H,3,6,10H2,1-2H3,(H,22,27)(H,23,26). The number of aromatic nitrogens is 3. The second-order valence-electron chi connectivity index (χ2n) is 6.88. The fourth-order valence-electron chi connectivity index (χ4n) is 3.37. The maximum atomic E-state index is 12.7. The lowest BCUT2D eigenvalue weighted by Gasteiger charge is -2.32. The summed E-state index contributed by atoms with van der Waals surface area (Å²) < 4.78 is 2.57. The normalized spacial score (nSPS) is 19.6. The first-order valence-corrected chi connectivity index (χ1v) is 10.1. The zero-order valence-corrected chi connectivity index (χ0v) is 16.5. The Hall–Kier alpha value is -2.78. The number of anilines is 1. The first-order chi connectivity index (χ1) is 13.5. The summed E-state index contributed by atoms with van der Waals surface area (Å²) in [5, 5.41) is 14.0. The molecular weight excluding hydrogens is 376 g/mol. The van der Waals surface area contributed by atoms with Crippen molar-refractivity contribution in [2.24, 2.45) is 0 Å². The topological polar surface area (TPSA) is 101 Å². The van der Waals surface area contributed by atoms with Gasteiger partial charge in [0.1, 0.15) is 5.82 Å². The van der Waals surface area contributed by atoms with E-state index in [1.807, 2.05) is 31.2 Å². The minimum Gasteiger partial charge on any atom is -0.322 e. The predicted molar refractivity (Wildman–Crippen MR) is 108 cm³/mol. The molecule has 3 N–H and O–H groups in total. The summed E-state index contributed by atoms with van der Waals surface area (Å²) >= 11 is 1.34. The van der Waals surface area contributed by atoms with Gasteiger partial charge in [0.15, 0.2) is 11.3 Å². The summed E-state index contributed by atoms with van der Waals surface area (Å²) in [4.78, 5) is 29.3. The summed E-state index contributed by atoms with van der Waals surface area (Å²) in [6.07, 6.45) is 1.82. The first-order valence-electron chi connectivity index (χ1n) is 9.32. The van der Waals surface area contributed by atoms with Crippen molar-refractivity contribution in [1.29, 1.82) is 0 Å². The van der Waals surface area contributed by atoms with Crippen LogP contribution in [0, 0.1) is 6.92 Å². The molecule has 2 amide bonds. The highest BCUT2D eigenvalue weighted by Gasteiger charge is 2.28. The maximum Gasteiger partial charge on any atom is 0.285 e. The smallest absolute Gasteiger partial charge is 0.285 e. The van der Waals surface area contributed by atoms with Crippen LogP contribution < -0.4 is 16.0 Å². The molecule has 0 aliphatic carbocycles. The van der Waals surface area contributed by atoms with Crippen molar-refractivity contribution in [3.63, 3.8) is 0 Å². The first kappa shape index (κ1) is 18.6. The van der Waals surface area contributed by atoms with Crippen LogP contribution in [-0.4, -0.2) is 32.6 Å². The van der Waals surface area contributed by atoms with E-state index < -0.39 is 6.29 Å². The van der Waals surface area contributed by atoms with Crippen LogP contribution in [0.2, 0.25) is 0 Å². The largest absolute Gasteiger partial charge is 0.322 e. The third-order valence-corrected chi connectivity index (χ3v) is 5.63. The Labute approximate surface area is 166 Å². The summed E-state index contributed by atoms with van der Waals surface area (Å²) in [5.41, 5.74) is 1.54. The molecule has 1 saturated heterocycles. The molecule has 4 rings (SSSR count). The monoisotopic (exact) mass is 398 g/mol. The van der Waals surface area contributed by atoms with Crippen molar-refractivity contribution in [3.05, 3.63) is 41.0 Å². The number of nitrogens with zero attached hydrogens (tertiary/aromatic N) is 3. The van der Waals surface area contributed by atoms with E-state index in [1.54, 1.807) is 10.7 Å². The van der Waals surface area contributed by atoms with Crippen LogP contribution in [0.25, 0.3) is 10.2 Å². The van der Waals surface area contributed by atoms with E-state index >= 15 is 0 Å². The Morgan fingerprint density at radius 3 is 3.00 bits per heavy atom. The fraction of sp³-hybridized carbons (Fsp3) is 0.368. The molecular formula is C19H22N6O2S. The number of aryl methyl sites for hydroxylation is 1. The number of thiazole rings is 1. The molecule has 28 heavy (non-hydrogen) atoms. The van der Waals surface area contributed by atoms with Gasteiger partial charge in [-0.15, -0.1) is 11.3 Å². The zero-order valence-electron chi connectivity index (χ0n) is 15.7. The van der Waals surface area contributed by atoms with Gasteiger partial charge in [-0.05, 0) is 25.5 Å². The molecule has 2 unspecified atom stereocenters. The lowest BCUT2D eigenvalue weighted by atomic mass is 10.1. The van der Waals surface area contributed by atoms with Gasteiger partial charge >= 0.3 is 0 Å².